The first kappa shape index (κ1) is 50.3. The number of benzene rings is 1. The van der Waals surface area contributed by atoms with Gasteiger partial charge >= 0.3 is 5.97 Å². The second kappa shape index (κ2) is 28.6. The Balaban J connectivity index is 0.000000468. The number of amides is 5. The Bertz CT molecular complexity index is 1450. The molecule has 3 unspecified atom stereocenters. The van der Waals surface area contributed by atoms with Gasteiger partial charge < -0.3 is 30.9 Å². The lowest BCUT2D eigenvalue weighted by Gasteiger charge is -2.34. The summed E-state index contributed by atoms with van der Waals surface area (Å²) in [4.78, 5) is 86.2. The van der Waals surface area contributed by atoms with Crippen molar-refractivity contribution in [3.05, 3.63) is 35.4 Å². The maximum absolute atomic E-state index is 13.4. The number of nitriles is 1. The number of nitrogens with two attached hydrogens (primary N) is 1. The maximum atomic E-state index is 13.4. The molecule has 0 spiro atoms. The number of nitrogens with zero attached hydrogens (tertiary/aromatic N) is 3. The number of nitrogens with one attached hydrogen (secondary N) is 2. The zero-order chi connectivity index (χ0) is 42.8. The molecule has 316 valence electrons. The number of primary amides is 1. The van der Waals surface area contributed by atoms with Crippen LogP contribution in [0.1, 0.15) is 129 Å². The minimum absolute atomic E-state index is 0.0146. The van der Waals surface area contributed by atoms with Crippen molar-refractivity contribution in [2.45, 2.75) is 162 Å². The van der Waals surface area contributed by atoms with Crippen molar-refractivity contribution in [1.82, 2.24) is 20.6 Å². The van der Waals surface area contributed by atoms with Crippen molar-refractivity contribution in [3.8, 4) is 5.97 Å². The molecule has 5 rings (SSSR count). The fourth-order valence-electron chi connectivity index (χ4n) is 6.83. The van der Waals surface area contributed by atoms with Crippen molar-refractivity contribution in [3.63, 3.8) is 0 Å². The van der Waals surface area contributed by atoms with E-state index in [0.717, 1.165) is 37.2 Å². The molecule has 5 amide bonds. The highest BCUT2D eigenvalue weighted by molar-refractivity contribution is 6.68. The summed E-state index contributed by atoms with van der Waals surface area (Å²) in [6.45, 7) is 7.96. The first-order chi connectivity index (χ1) is 27.3. The van der Waals surface area contributed by atoms with E-state index in [-0.39, 0.29) is 61.8 Å². The number of carbonyl (C=O) groups excluding carboxylic acids is 7. The predicted molar refractivity (Wildman–Crippen MR) is 220 cm³/mol. The number of likely N-dealkylation sites (tertiary alicyclic amines) is 1. The van der Waals surface area contributed by atoms with Crippen LogP contribution in [-0.4, -0.2) is 90.2 Å². The van der Waals surface area contributed by atoms with Crippen LogP contribution in [0.4, 0.5) is 0 Å². The summed E-state index contributed by atoms with van der Waals surface area (Å²) >= 11 is 0. The summed E-state index contributed by atoms with van der Waals surface area (Å²) in [7, 11) is 1.33. The van der Waals surface area contributed by atoms with E-state index in [9.17, 15) is 33.6 Å². The zero-order valence-electron chi connectivity index (χ0n) is 35.2. The predicted octanol–water partition coefficient (Wildman–Crippen LogP) is 4.88. The molecule has 15 heteroatoms. The maximum Gasteiger partial charge on any atom is 0.329 e. The molecule has 0 bridgehead atoms. The number of aldehydes is 1. The van der Waals surface area contributed by atoms with Gasteiger partial charge in [-0.25, -0.2) is 5.26 Å². The van der Waals surface area contributed by atoms with Gasteiger partial charge in [0.25, 0.3) is 12.6 Å². The molecule has 2 saturated carbocycles. The fourth-order valence-corrected chi connectivity index (χ4v) is 6.83. The SMILES string of the molecule is C1CCC1.CB(C#N)CC(=O)NC(C(=O)N1CC(NC(C)=O)CC1C(N)=O)C1CCCCC1.CC.CC(=O)ON(C)C(=O)CCC=O.c1ccc2c(c1)CCCC2. The minimum Gasteiger partial charge on any atom is -0.368 e. The van der Waals surface area contributed by atoms with Gasteiger partial charge in [0.2, 0.25) is 23.6 Å². The number of carbonyl (C=O) groups is 7. The molecule has 4 N–H and O–H groups in total. The Morgan fingerprint density at radius 1 is 0.965 bits per heavy atom. The second-order valence-electron chi connectivity index (χ2n) is 14.8. The number of fused-ring (bicyclic) bond motifs is 1. The van der Waals surface area contributed by atoms with E-state index >= 15 is 0 Å². The third-order valence-electron chi connectivity index (χ3n) is 10.1. The Morgan fingerprint density at radius 2 is 1.51 bits per heavy atom. The molecule has 0 aromatic heterocycles. The van der Waals surface area contributed by atoms with E-state index in [1.807, 2.05) is 19.8 Å². The largest absolute Gasteiger partial charge is 0.368 e. The molecule has 57 heavy (non-hydrogen) atoms. The van der Waals surface area contributed by atoms with Crippen LogP contribution in [0.15, 0.2) is 24.3 Å². The van der Waals surface area contributed by atoms with Gasteiger partial charge in [0.1, 0.15) is 18.4 Å². The molecule has 3 aliphatic carbocycles. The van der Waals surface area contributed by atoms with E-state index in [2.05, 4.69) is 39.7 Å². The lowest BCUT2D eigenvalue weighted by atomic mass is 9.51. The van der Waals surface area contributed by atoms with E-state index < -0.39 is 36.6 Å². The fraction of sp³-hybridized carbons (Fsp3) is 0.667. The van der Waals surface area contributed by atoms with Crippen molar-refractivity contribution >= 4 is 48.5 Å². The van der Waals surface area contributed by atoms with Crippen LogP contribution in [-0.2, 0) is 51.2 Å². The average molecular weight is 795 g/mol. The van der Waals surface area contributed by atoms with Crippen molar-refractivity contribution in [1.29, 1.82) is 5.26 Å². The minimum atomic E-state index is -0.819. The average Bonchev–Trinajstić information content (AvgIpc) is 3.60. The van der Waals surface area contributed by atoms with E-state index in [0.29, 0.717) is 6.29 Å². The molecule has 1 aromatic carbocycles. The smallest absolute Gasteiger partial charge is 0.329 e. The van der Waals surface area contributed by atoms with E-state index in [4.69, 9.17) is 11.0 Å². The van der Waals surface area contributed by atoms with Crippen molar-refractivity contribution in [2.75, 3.05) is 13.6 Å². The molecule has 1 aromatic rings. The van der Waals surface area contributed by atoms with Gasteiger partial charge in [0.15, 0.2) is 0 Å². The highest BCUT2D eigenvalue weighted by Crippen LogP contribution is 2.29. The van der Waals surface area contributed by atoms with Gasteiger partial charge in [-0.3, -0.25) is 28.8 Å². The van der Waals surface area contributed by atoms with Crippen LogP contribution < -0.4 is 16.4 Å². The number of hydroxylamine groups is 2. The number of rotatable bonds is 10. The highest BCUT2D eigenvalue weighted by atomic mass is 16.7. The molecule has 4 aliphatic rings. The molecule has 3 atom stereocenters. The van der Waals surface area contributed by atoms with Gasteiger partial charge in [0.05, 0.1) is 0 Å². The zero-order valence-corrected chi connectivity index (χ0v) is 35.2. The summed E-state index contributed by atoms with van der Waals surface area (Å²) in [6, 6.07) is 6.87. The van der Waals surface area contributed by atoms with Crippen molar-refractivity contribution in [2.24, 2.45) is 11.7 Å². The van der Waals surface area contributed by atoms with Crippen LogP contribution in [0, 0.1) is 17.1 Å². The number of aryl methyl sites for hydroxylation is 2. The Kier molecular flexibility index (Phi) is 25.3. The molecule has 1 saturated heterocycles. The molecule has 0 radical (unpaired) electrons. The van der Waals surface area contributed by atoms with Crippen LogP contribution in [0.3, 0.4) is 0 Å². The topological polar surface area (TPSA) is 209 Å². The summed E-state index contributed by atoms with van der Waals surface area (Å²) in [5, 5.41) is 15.3. The summed E-state index contributed by atoms with van der Waals surface area (Å²) in [5.41, 5.74) is 8.67. The third-order valence-corrected chi connectivity index (χ3v) is 10.1. The lowest BCUT2D eigenvalue weighted by molar-refractivity contribution is -0.190. The lowest BCUT2D eigenvalue weighted by Crippen LogP contribution is -2.56. The van der Waals surface area contributed by atoms with Gasteiger partial charge in [-0.15, -0.1) is 0 Å². The normalized spacial score (nSPS) is 18.2. The van der Waals surface area contributed by atoms with Crippen LogP contribution in [0.25, 0.3) is 0 Å². The van der Waals surface area contributed by atoms with E-state index in [1.165, 1.54) is 77.2 Å². The number of hydrogen-bond acceptors (Lipinski definition) is 9. The van der Waals surface area contributed by atoms with Crippen LogP contribution >= 0.6 is 0 Å². The Hall–Kier alpha value is -4.74. The van der Waals surface area contributed by atoms with Crippen LogP contribution in [0.2, 0.25) is 13.1 Å². The van der Waals surface area contributed by atoms with Gasteiger partial charge in [-0.05, 0) is 62.0 Å². The van der Waals surface area contributed by atoms with Gasteiger partial charge in [-0.1, -0.05) is 89.9 Å². The molecule has 1 aliphatic heterocycles. The van der Waals surface area contributed by atoms with Gasteiger partial charge in [-0.2, -0.15) is 5.06 Å². The molecule has 1 heterocycles. The van der Waals surface area contributed by atoms with Crippen LogP contribution in [0.5, 0.6) is 0 Å². The summed E-state index contributed by atoms with van der Waals surface area (Å²) < 4.78 is 0. The Morgan fingerprint density at radius 3 is 1.96 bits per heavy atom. The van der Waals surface area contributed by atoms with E-state index in [1.54, 1.807) is 17.9 Å². The molecular formula is C42H67BN6O8. The molecular weight excluding hydrogens is 727 g/mol. The van der Waals surface area contributed by atoms with Crippen molar-refractivity contribution < 1.29 is 38.4 Å². The Labute approximate surface area is 340 Å². The third kappa shape index (κ3) is 19.8. The monoisotopic (exact) mass is 795 g/mol. The second-order valence-corrected chi connectivity index (χ2v) is 14.8. The summed E-state index contributed by atoms with van der Waals surface area (Å²) in [5.74, 6) is -0.510. The highest BCUT2D eigenvalue weighted by Gasteiger charge is 2.43. The molecule has 3 fully saturated rings. The van der Waals surface area contributed by atoms with Gasteiger partial charge in [0, 0.05) is 58.6 Å². The molecule has 14 nitrogen and oxygen atoms in total. The quantitative estimate of drug-likeness (QED) is 0.167. The first-order valence-electron chi connectivity index (χ1n) is 20.8. The number of hydrogen-bond donors (Lipinski definition) is 3. The summed E-state index contributed by atoms with van der Waals surface area (Å²) in [6.07, 6.45) is 17.2. The standard InChI is InChI=1S/C19H30BN5O4.C10H12.C7H11NO4.C4H8.C2H6/c1-12(26)23-14-8-15(18(22)28)25(10-14)19(29)17(13-6-4-3-5-7-13)24-16(27)9-20(2)11-21;1-2-6-10-8-4-3-7-9(10)5-1;1-6(10)12-8(2)7(11)4-3-5-9;1-2-4-3-1;1-2/h13-15,17H,3-10H2,1-2H3,(H2,22,28)(H,23,26)(H,24,27);1-2,5-6H,3-4,7-8H2;5H,3-4H2,1-2H3;1-4H2;1-2H3. The first-order valence-corrected chi connectivity index (χ1v) is 20.8.